The largest absolute Gasteiger partial charge is 0.490 e. The lowest BCUT2D eigenvalue weighted by Gasteiger charge is -2.31. The molecule has 0 aromatic carbocycles. The Morgan fingerprint density at radius 1 is 1.41 bits per heavy atom. The van der Waals surface area contributed by atoms with Gasteiger partial charge >= 0.3 is 12.1 Å². The number of nitrogens with zero attached hydrogens (tertiary/aromatic N) is 3. The molecule has 27 heavy (non-hydrogen) atoms. The van der Waals surface area contributed by atoms with Crippen LogP contribution in [0, 0.1) is 0 Å². The number of carbonyl (C=O) groups excluding carboxylic acids is 1. The maximum atomic E-state index is 11.9. The number of thiophene rings is 1. The molecule has 0 saturated heterocycles. The van der Waals surface area contributed by atoms with Crippen LogP contribution in [0.2, 0.25) is 0 Å². The van der Waals surface area contributed by atoms with Crippen molar-refractivity contribution in [3.8, 4) is 0 Å². The molecule has 11 heteroatoms. The van der Waals surface area contributed by atoms with Crippen LogP contribution in [0.1, 0.15) is 28.5 Å². The third kappa shape index (κ3) is 6.07. The number of carbonyl (C=O) groups is 2. The summed E-state index contributed by atoms with van der Waals surface area (Å²) in [5, 5.41) is 18.3. The Bertz CT molecular complexity index is 761. The van der Waals surface area contributed by atoms with Gasteiger partial charge in [-0.25, -0.2) is 4.79 Å². The Morgan fingerprint density at radius 3 is 2.70 bits per heavy atom. The first-order chi connectivity index (χ1) is 12.7. The first-order valence-corrected chi connectivity index (χ1v) is 8.94. The number of amides is 1. The Hall–Kier alpha value is -2.40. The molecule has 0 saturated carbocycles. The molecule has 1 atom stereocenters. The van der Waals surface area contributed by atoms with Crippen LogP contribution in [0.4, 0.5) is 13.2 Å². The van der Waals surface area contributed by atoms with Crippen molar-refractivity contribution < 1.29 is 27.9 Å². The molecule has 0 fully saturated rings. The van der Waals surface area contributed by atoms with E-state index in [9.17, 15) is 18.0 Å². The molecule has 3 rings (SSSR count). The van der Waals surface area contributed by atoms with Gasteiger partial charge in [-0.05, 0) is 31.0 Å². The first-order valence-electron chi connectivity index (χ1n) is 8.00. The molecule has 2 aromatic rings. The minimum absolute atomic E-state index is 0.0103. The second-order valence-corrected chi connectivity index (χ2v) is 6.76. The highest BCUT2D eigenvalue weighted by molar-refractivity contribution is 7.08. The second kappa shape index (κ2) is 9.00. The van der Waals surface area contributed by atoms with Crippen LogP contribution in [0.25, 0.3) is 0 Å². The average molecular weight is 404 g/mol. The number of hydrogen-bond acceptors (Lipinski definition) is 5. The van der Waals surface area contributed by atoms with Crippen molar-refractivity contribution in [2.24, 2.45) is 0 Å². The maximum Gasteiger partial charge on any atom is 0.490 e. The summed E-state index contributed by atoms with van der Waals surface area (Å²) < 4.78 is 33.8. The number of alkyl halides is 3. The van der Waals surface area contributed by atoms with Crippen LogP contribution >= 0.6 is 11.3 Å². The summed E-state index contributed by atoms with van der Waals surface area (Å²) >= 11 is 1.54. The van der Waals surface area contributed by atoms with Crippen molar-refractivity contribution in [2.75, 3.05) is 20.1 Å². The number of aliphatic carboxylic acids is 1. The number of likely N-dealkylation sites (N-methyl/N-ethyl adjacent to an activating group) is 1. The molecule has 148 valence electrons. The van der Waals surface area contributed by atoms with E-state index >= 15 is 0 Å². The van der Waals surface area contributed by atoms with Gasteiger partial charge in [0, 0.05) is 36.8 Å². The highest BCUT2D eigenvalue weighted by Gasteiger charge is 2.38. The van der Waals surface area contributed by atoms with Gasteiger partial charge < -0.3 is 10.4 Å². The average Bonchev–Trinajstić information content (AvgIpc) is 3.25. The van der Waals surface area contributed by atoms with Gasteiger partial charge in [0.1, 0.15) is 0 Å². The summed E-state index contributed by atoms with van der Waals surface area (Å²) in [5.74, 6) is -2.75. The Morgan fingerprint density at radius 2 is 2.11 bits per heavy atom. The fourth-order valence-corrected chi connectivity index (χ4v) is 3.27. The van der Waals surface area contributed by atoms with Crippen LogP contribution < -0.4 is 5.32 Å². The molecule has 0 bridgehead atoms. The SMILES string of the molecule is CN1Cc2ccnn2C(CCNC(=O)c2ccsc2)C1.O=C(O)C(F)(F)F. The molecule has 1 aliphatic rings. The summed E-state index contributed by atoms with van der Waals surface area (Å²) in [4.78, 5) is 23.1. The molecular formula is C16H19F3N4O3S. The zero-order valence-electron chi connectivity index (χ0n) is 14.4. The van der Waals surface area contributed by atoms with Crippen LogP contribution in [0.15, 0.2) is 29.1 Å². The first kappa shape index (κ1) is 20.9. The number of aromatic nitrogens is 2. The molecule has 0 spiro atoms. The van der Waals surface area contributed by atoms with E-state index in [1.165, 1.54) is 17.0 Å². The number of fused-ring (bicyclic) bond motifs is 1. The molecule has 1 amide bonds. The van der Waals surface area contributed by atoms with E-state index in [0.29, 0.717) is 12.6 Å². The van der Waals surface area contributed by atoms with Gasteiger partial charge in [0.2, 0.25) is 0 Å². The van der Waals surface area contributed by atoms with Crippen molar-refractivity contribution in [2.45, 2.75) is 25.2 Å². The third-order valence-electron chi connectivity index (χ3n) is 3.84. The van der Waals surface area contributed by atoms with Gasteiger partial charge in [-0.15, -0.1) is 0 Å². The van der Waals surface area contributed by atoms with Gasteiger partial charge in [0.15, 0.2) is 0 Å². The summed E-state index contributed by atoms with van der Waals surface area (Å²) in [6.07, 6.45) is -2.33. The van der Waals surface area contributed by atoms with Crippen molar-refractivity contribution in [1.82, 2.24) is 20.0 Å². The number of carboxylic acid groups (broad SMARTS) is 1. The van der Waals surface area contributed by atoms with E-state index in [1.54, 1.807) is 0 Å². The lowest BCUT2D eigenvalue weighted by molar-refractivity contribution is -0.192. The van der Waals surface area contributed by atoms with Crippen LogP contribution in [0.5, 0.6) is 0 Å². The summed E-state index contributed by atoms with van der Waals surface area (Å²) in [5.41, 5.74) is 1.99. The van der Waals surface area contributed by atoms with Crippen LogP contribution in [-0.2, 0) is 11.3 Å². The van der Waals surface area contributed by atoms with Gasteiger partial charge in [-0.2, -0.15) is 29.6 Å². The van der Waals surface area contributed by atoms with E-state index < -0.39 is 12.1 Å². The Labute approximate surface area is 157 Å². The summed E-state index contributed by atoms with van der Waals surface area (Å²) in [6, 6.07) is 4.24. The fraction of sp³-hybridized carbons (Fsp3) is 0.438. The predicted octanol–water partition coefficient (Wildman–Crippen LogP) is 2.38. The van der Waals surface area contributed by atoms with Crippen molar-refractivity contribution >= 4 is 23.2 Å². The number of carboxylic acids is 1. The van der Waals surface area contributed by atoms with Crippen molar-refractivity contribution in [1.29, 1.82) is 0 Å². The standard InChI is InChI=1S/C14H18N4OS.C2HF3O2/c1-17-8-12(18-13(9-17)3-6-16-18)2-5-15-14(19)11-4-7-20-10-11;3-2(4,5)1(6)7/h3-4,6-7,10,12H,2,5,8-9H2,1H3,(H,15,19);(H,6,7). The molecule has 2 aromatic heterocycles. The molecular weight excluding hydrogens is 385 g/mol. The molecule has 3 heterocycles. The molecule has 0 radical (unpaired) electrons. The van der Waals surface area contributed by atoms with Gasteiger partial charge in [-0.1, -0.05) is 0 Å². The zero-order chi connectivity index (χ0) is 20.0. The van der Waals surface area contributed by atoms with Crippen LogP contribution in [0.3, 0.4) is 0 Å². The van der Waals surface area contributed by atoms with E-state index in [0.717, 1.165) is 25.1 Å². The van der Waals surface area contributed by atoms with E-state index in [-0.39, 0.29) is 5.91 Å². The normalized spacial score (nSPS) is 16.8. The van der Waals surface area contributed by atoms with Gasteiger partial charge in [-0.3, -0.25) is 14.4 Å². The lowest BCUT2D eigenvalue weighted by atomic mass is 10.1. The van der Waals surface area contributed by atoms with Crippen LogP contribution in [-0.4, -0.2) is 58.0 Å². The van der Waals surface area contributed by atoms with Gasteiger partial charge in [0.05, 0.1) is 11.7 Å². The molecule has 1 unspecified atom stereocenters. The number of hydrogen-bond donors (Lipinski definition) is 2. The summed E-state index contributed by atoms with van der Waals surface area (Å²) in [7, 11) is 2.12. The summed E-state index contributed by atoms with van der Waals surface area (Å²) in [6.45, 7) is 2.59. The minimum Gasteiger partial charge on any atom is -0.475 e. The topological polar surface area (TPSA) is 87.5 Å². The molecule has 7 nitrogen and oxygen atoms in total. The highest BCUT2D eigenvalue weighted by atomic mass is 32.1. The Kier molecular flexibility index (Phi) is 6.97. The van der Waals surface area contributed by atoms with Crippen molar-refractivity contribution in [3.63, 3.8) is 0 Å². The minimum atomic E-state index is -5.08. The molecule has 2 N–H and O–H groups in total. The number of halogens is 3. The van der Waals surface area contributed by atoms with Crippen molar-refractivity contribution in [3.05, 3.63) is 40.3 Å². The second-order valence-electron chi connectivity index (χ2n) is 5.98. The number of rotatable bonds is 4. The monoisotopic (exact) mass is 404 g/mol. The molecule has 1 aliphatic heterocycles. The predicted molar refractivity (Wildman–Crippen MR) is 92.6 cm³/mol. The van der Waals surface area contributed by atoms with E-state index in [4.69, 9.17) is 9.90 Å². The fourth-order valence-electron chi connectivity index (χ4n) is 2.64. The van der Waals surface area contributed by atoms with Gasteiger partial charge in [0.25, 0.3) is 5.91 Å². The zero-order valence-corrected chi connectivity index (χ0v) is 15.3. The molecule has 0 aliphatic carbocycles. The Balaban J connectivity index is 0.000000321. The lowest BCUT2D eigenvalue weighted by Crippen LogP contribution is -2.37. The quantitative estimate of drug-likeness (QED) is 0.817. The van der Waals surface area contributed by atoms with E-state index in [2.05, 4.69) is 33.1 Å². The third-order valence-corrected chi connectivity index (χ3v) is 4.52. The van der Waals surface area contributed by atoms with E-state index in [1.807, 2.05) is 23.0 Å². The smallest absolute Gasteiger partial charge is 0.475 e. The highest BCUT2D eigenvalue weighted by Crippen LogP contribution is 2.21. The maximum absolute atomic E-state index is 11.9. The number of nitrogens with one attached hydrogen (secondary N) is 1.